The molecule has 2 atom stereocenters. The third-order valence-corrected chi connectivity index (χ3v) is 3.88. The lowest BCUT2D eigenvalue weighted by Gasteiger charge is -2.20. The number of amides is 1. The van der Waals surface area contributed by atoms with E-state index in [0.717, 1.165) is 6.34 Å². The Morgan fingerprint density at radius 2 is 2.25 bits per heavy atom. The Morgan fingerprint density at radius 1 is 1.54 bits per heavy atom. The molecule has 2 unspecified atom stereocenters. The van der Waals surface area contributed by atoms with Crippen LogP contribution >= 0.6 is 8.81 Å². The van der Waals surface area contributed by atoms with Crippen LogP contribution < -0.4 is 9.80 Å². The summed E-state index contributed by atoms with van der Waals surface area (Å²) in [6, 6.07) is 4.19. The Hall–Kier alpha value is -1.76. The minimum absolute atomic E-state index is 0.102. The molecule has 1 aromatic rings. The number of benzene rings is 1. The second-order valence-corrected chi connectivity index (χ2v) is 5.38. The van der Waals surface area contributed by atoms with Crippen molar-refractivity contribution in [3.63, 3.8) is 0 Å². The number of hydrogen-bond donors (Lipinski definition) is 3. The molecule has 1 aromatic carbocycles. The maximum Gasteiger partial charge on any atom is 0.414 e. The molecule has 24 heavy (non-hydrogen) atoms. The van der Waals surface area contributed by atoms with Crippen LogP contribution in [0, 0.1) is 11.2 Å². The molecule has 0 radical (unpaired) electrons. The number of aliphatic hydroxyl groups is 1. The van der Waals surface area contributed by atoms with Crippen molar-refractivity contribution in [1.82, 2.24) is 0 Å². The SMILES string of the molecule is CC.N=CN(CCO)c1ccc(N2CC(CPO)OC2=O)cc1F. The summed E-state index contributed by atoms with van der Waals surface area (Å²) in [5.41, 5.74) is 0.498. The number of nitrogens with one attached hydrogen (secondary N) is 1. The molecule has 1 aliphatic rings. The minimum atomic E-state index is -0.602. The molecule has 1 aliphatic heterocycles. The van der Waals surface area contributed by atoms with Crippen LogP contribution in [-0.4, -0.2) is 54.4 Å². The fraction of sp³-hybridized carbons (Fsp3) is 0.467. The van der Waals surface area contributed by atoms with E-state index in [1.807, 2.05) is 13.8 Å². The zero-order chi connectivity index (χ0) is 18.1. The normalized spacial score (nSPS) is 16.8. The van der Waals surface area contributed by atoms with Gasteiger partial charge in [-0.1, -0.05) is 13.8 Å². The first-order valence-corrected chi connectivity index (χ1v) is 8.79. The van der Waals surface area contributed by atoms with E-state index in [4.69, 9.17) is 20.1 Å². The molecule has 1 heterocycles. The van der Waals surface area contributed by atoms with Crippen LogP contribution in [0.1, 0.15) is 13.8 Å². The van der Waals surface area contributed by atoms with Gasteiger partial charge in [-0.25, -0.2) is 9.18 Å². The van der Waals surface area contributed by atoms with Crippen molar-refractivity contribution < 1.29 is 23.9 Å². The van der Waals surface area contributed by atoms with Gasteiger partial charge in [0.15, 0.2) is 0 Å². The maximum absolute atomic E-state index is 14.2. The van der Waals surface area contributed by atoms with Crippen LogP contribution in [0.2, 0.25) is 0 Å². The lowest BCUT2D eigenvalue weighted by molar-refractivity contribution is 0.151. The predicted octanol–water partition coefficient (Wildman–Crippen LogP) is 2.17. The highest BCUT2D eigenvalue weighted by Gasteiger charge is 2.32. The predicted molar refractivity (Wildman–Crippen MR) is 94.0 cm³/mol. The average Bonchev–Trinajstić information content (AvgIpc) is 2.95. The van der Waals surface area contributed by atoms with E-state index in [0.29, 0.717) is 11.8 Å². The van der Waals surface area contributed by atoms with Gasteiger partial charge in [0.25, 0.3) is 0 Å². The van der Waals surface area contributed by atoms with Gasteiger partial charge in [0.1, 0.15) is 11.9 Å². The highest BCUT2D eigenvalue weighted by molar-refractivity contribution is 7.31. The Balaban J connectivity index is 0.00000139. The highest BCUT2D eigenvalue weighted by atomic mass is 31.1. The van der Waals surface area contributed by atoms with Gasteiger partial charge in [-0.05, 0) is 18.2 Å². The number of carbonyl (C=O) groups is 1. The molecule has 7 nitrogen and oxygen atoms in total. The highest BCUT2D eigenvalue weighted by Crippen LogP contribution is 2.28. The fourth-order valence-corrected chi connectivity index (χ4v) is 2.62. The van der Waals surface area contributed by atoms with Gasteiger partial charge in [0.05, 0.1) is 30.9 Å². The zero-order valence-electron chi connectivity index (χ0n) is 13.7. The molecule has 2 rings (SSSR count). The van der Waals surface area contributed by atoms with Crippen molar-refractivity contribution in [2.45, 2.75) is 20.0 Å². The maximum atomic E-state index is 14.2. The number of hydrogen-bond acceptors (Lipinski definition) is 5. The smallest absolute Gasteiger partial charge is 0.414 e. The van der Waals surface area contributed by atoms with Crippen molar-refractivity contribution in [3.8, 4) is 0 Å². The van der Waals surface area contributed by atoms with Crippen LogP contribution in [-0.2, 0) is 4.74 Å². The number of carbonyl (C=O) groups excluding carboxylic acids is 1. The van der Waals surface area contributed by atoms with Gasteiger partial charge in [0.2, 0.25) is 0 Å². The molecule has 3 N–H and O–H groups in total. The van der Waals surface area contributed by atoms with Crippen molar-refractivity contribution in [2.75, 3.05) is 35.7 Å². The average molecular weight is 359 g/mol. The monoisotopic (exact) mass is 359 g/mol. The Bertz CT molecular complexity index is 562. The lowest BCUT2D eigenvalue weighted by atomic mass is 10.2. The second-order valence-electron chi connectivity index (χ2n) is 4.66. The van der Waals surface area contributed by atoms with E-state index < -0.39 is 18.0 Å². The number of anilines is 2. The van der Waals surface area contributed by atoms with E-state index in [-0.39, 0.29) is 34.2 Å². The first-order valence-electron chi connectivity index (χ1n) is 7.63. The Kier molecular flexibility index (Phi) is 8.60. The number of nitrogens with zero attached hydrogens (tertiary/aromatic N) is 2. The van der Waals surface area contributed by atoms with Crippen LogP contribution in [0.25, 0.3) is 0 Å². The summed E-state index contributed by atoms with van der Waals surface area (Å²) in [5.74, 6) is -0.602. The third-order valence-electron chi connectivity index (χ3n) is 3.24. The summed E-state index contributed by atoms with van der Waals surface area (Å²) in [6.45, 7) is 4.15. The van der Waals surface area contributed by atoms with Gasteiger partial charge >= 0.3 is 6.09 Å². The number of halogens is 1. The van der Waals surface area contributed by atoms with Gasteiger partial charge in [-0.3, -0.25) is 10.3 Å². The molecule has 1 saturated heterocycles. The standard InChI is InChI=1S/C13H17FN3O4P.C2H6/c14-11-5-9(1-2-12(11)16(8-15)3-4-18)17-6-10(7-22-20)21-13(17)19;1-2/h1-2,5,8,10,15,18,20,22H,3-4,6-7H2;1-2H3. The van der Waals surface area contributed by atoms with Gasteiger partial charge < -0.3 is 19.6 Å². The van der Waals surface area contributed by atoms with Gasteiger partial charge in [-0.2, -0.15) is 0 Å². The van der Waals surface area contributed by atoms with E-state index in [2.05, 4.69) is 0 Å². The molecule has 0 aliphatic carbocycles. The molecule has 0 bridgehead atoms. The number of aliphatic hydroxyl groups excluding tert-OH is 1. The van der Waals surface area contributed by atoms with Crippen molar-refractivity contribution in [1.29, 1.82) is 5.41 Å². The number of cyclic esters (lactones) is 1. The molecule has 0 aromatic heterocycles. The Morgan fingerprint density at radius 3 is 2.79 bits per heavy atom. The summed E-state index contributed by atoms with van der Waals surface area (Å²) in [5, 5.41) is 16.1. The van der Waals surface area contributed by atoms with Crippen LogP contribution in [0.3, 0.4) is 0 Å². The second kappa shape index (κ2) is 10.2. The topological polar surface area (TPSA) is 97.1 Å². The van der Waals surface area contributed by atoms with E-state index in [1.54, 1.807) is 6.07 Å². The third kappa shape index (κ3) is 4.87. The van der Waals surface area contributed by atoms with E-state index in [1.165, 1.54) is 21.9 Å². The zero-order valence-corrected chi connectivity index (χ0v) is 14.7. The summed E-state index contributed by atoms with van der Waals surface area (Å²) in [6.07, 6.45) is 0.318. The van der Waals surface area contributed by atoms with Crippen molar-refractivity contribution in [3.05, 3.63) is 24.0 Å². The summed E-state index contributed by atoms with van der Waals surface area (Å²) >= 11 is 0. The quantitative estimate of drug-likeness (QED) is 0.394. The summed E-state index contributed by atoms with van der Waals surface area (Å²) in [4.78, 5) is 23.2. The summed E-state index contributed by atoms with van der Waals surface area (Å²) in [7, 11) is -0.313. The first-order chi connectivity index (χ1) is 11.6. The summed E-state index contributed by atoms with van der Waals surface area (Å²) < 4.78 is 19.3. The molecule has 134 valence electrons. The Labute approximate surface area is 142 Å². The molecule has 1 fully saturated rings. The molecular formula is C15H23FN3O4P. The molecular weight excluding hydrogens is 336 g/mol. The van der Waals surface area contributed by atoms with Crippen molar-refractivity contribution >= 4 is 32.6 Å². The fourth-order valence-electron chi connectivity index (χ4n) is 2.20. The molecule has 1 amide bonds. The molecule has 0 saturated carbocycles. The number of ether oxygens (including phenoxy) is 1. The largest absolute Gasteiger partial charge is 0.443 e. The molecule has 9 heteroatoms. The van der Waals surface area contributed by atoms with E-state index >= 15 is 0 Å². The van der Waals surface area contributed by atoms with Crippen LogP contribution in [0.5, 0.6) is 0 Å². The van der Waals surface area contributed by atoms with Crippen molar-refractivity contribution in [2.24, 2.45) is 0 Å². The van der Waals surface area contributed by atoms with Gasteiger partial charge in [-0.15, -0.1) is 0 Å². The first kappa shape index (κ1) is 20.3. The number of rotatable bonds is 7. The van der Waals surface area contributed by atoms with Crippen LogP contribution in [0.15, 0.2) is 18.2 Å². The van der Waals surface area contributed by atoms with Gasteiger partial charge in [0, 0.05) is 21.5 Å². The minimum Gasteiger partial charge on any atom is -0.443 e. The van der Waals surface area contributed by atoms with E-state index in [9.17, 15) is 9.18 Å². The molecule has 0 spiro atoms. The lowest BCUT2D eigenvalue weighted by Crippen LogP contribution is -2.27. The van der Waals surface area contributed by atoms with Crippen LogP contribution in [0.4, 0.5) is 20.6 Å².